The fourth-order valence-electron chi connectivity index (χ4n) is 5.00. The summed E-state index contributed by atoms with van der Waals surface area (Å²) in [5, 5.41) is 11.8. The van der Waals surface area contributed by atoms with Gasteiger partial charge in [0.2, 0.25) is 11.8 Å². The topological polar surface area (TPSA) is 119 Å². The van der Waals surface area contributed by atoms with E-state index in [0.717, 1.165) is 17.7 Å². The van der Waals surface area contributed by atoms with Gasteiger partial charge in [-0.25, -0.2) is 8.42 Å². The number of hydrogen-bond acceptors (Lipinski definition) is 6. The fraction of sp³-hybridized carbons (Fsp3) is 0.708. The van der Waals surface area contributed by atoms with Crippen LogP contribution in [0.3, 0.4) is 0 Å². The summed E-state index contributed by atoms with van der Waals surface area (Å²) in [6.07, 6.45) is 1.71. The molecule has 2 amide bonds. The van der Waals surface area contributed by atoms with E-state index in [1.54, 1.807) is 13.0 Å². The number of likely N-dealkylation sites (tertiary alicyclic amines) is 1. The molecule has 1 aromatic rings. The number of aryl methyl sites for hydroxylation is 1. The first-order chi connectivity index (χ1) is 15.6. The van der Waals surface area contributed by atoms with Crippen molar-refractivity contribution in [3.8, 4) is 6.07 Å². The van der Waals surface area contributed by atoms with Gasteiger partial charge < -0.3 is 10.2 Å². The number of carbonyl (C=O) groups is 2. The summed E-state index contributed by atoms with van der Waals surface area (Å²) in [4.78, 5) is 29.4. The molecule has 34 heavy (non-hydrogen) atoms. The Morgan fingerprint density at radius 2 is 1.97 bits per heavy atom. The molecule has 1 saturated heterocycles. The van der Waals surface area contributed by atoms with Crippen molar-refractivity contribution >= 4 is 33.2 Å². The lowest BCUT2D eigenvalue weighted by Gasteiger charge is -2.37. The van der Waals surface area contributed by atoms with Gasteiger partial charge in [-0.15, -0.1) is 11.3 Å². The van der Waals surface area contributed by atoms with Crippen molar-refractivity contribution < 1.29 is 18.0 Å². The van der Waals surface area contributed by atoms with Crippen LogP contribution in [0.15, 0.2) is 16.3 Å². The molecule has 2 N–H and O–H groups in total. The average Bonchev–Trinajstić information content (AvgIpc) is 3.16. The second kappa shape index (κ2) is 9.25. The van der Waals surface area contributed by atoms with E-state index in [9.17, 15) is 18.0 Å². The minimum absolute atomic E-state index is 0.0199. The molecule has 0 unspecified atom stereocenters. The molecule has 2 aliphatic rings. The Morgan fingerprint density at radius 3 is 2.53 bits per heavy atom. The molecule has 188 valence electrons. The van der Waals surface area contributed by atoms with Crippen LogP contribution in [0.4, 0.5) is 0 Å². The molecule has 8 nitrogen and oxygen atoms in total. The first-order valence-electron chi connectivity index (χ1n) is 11.8. The van der Waals surface area contributed by atoms with E-state index in [1.165, 1.54) is 16.2 Å². The lowest BCUT2D eigenvalue weighted by atomic mass is 9.86. The number of fused-ring (bicyclic) bond motifs is 1. The Morgan fingerprint density at radius 1 is 1.32 bits per heavy atom. The summed E-state index contributed by atoms with van der Waals surface area (Å²) in [5.41, 5.74) is -0.811. The van der Waals surface area contributed by atoms with Gasteiger partial charge in [0, 0.05) is 11.4 Å². The number of thiophene rings is 1. The van der Waals surface area contributed by atoms with E-state index in [2.05, 4.69) is 23.9 Å². The summed E-state index contributed by atoms with van der Waals surface area (Å²) in [7, 11) is -3.92. The summed E-state index contributed by atoms with van der Waals surface area (Å²) in [5.74, 6) is -0.628. The van der Waals surface area contributed by atoms with Crippen molar-refractivity contribution in [2.75, 3.05) is 6.54 Å². The third-order valence-corrected chi connectivity index (χ3v) is 10.2. The first kappa shape index (κ1) is 26.6. The largest absolute Gasteiger partial charge is 0.339 e. The normalized spacial score (nSPS) is 25.2. The third-order valence-electron chi connectivity index (χ3n) is 7.10. The monoisotopic (exact) mass is 508 g/mol. The van der Waals surface area contributed by atoms with Gasteiger partial charge in [0.05, 0.1) is 6.07 Å². The molecule has 3 rings (SSSR count). The standard InChI is InChI=1S/C24H36N4O4S2/c1-8-9-15-10-11-17(33-15)34(31,32)27-20(23(3,4)5)22(30)28-13-16-18(24(16,6)7)19(28)21(29)26-14(2)12-25/h10-11,14,16,18-20,27H,8-9,13H2,1-7H3,(H,26,29)/t14-,16-,18-,19-,20+/m0/s1. The summed E-state index contributed by atoms with van der Waals surface area (Å²) >= 11 is 1.21. The van der Waals surface area contributed by atoms with E-state index in [-0.39, 0.29) is 27.4 Å². The Labute approximate surface area is 207 Å². The van der Waals surface area contributed by atoms with E-state index < -0.39 is 39.5 Å². The first-order valence-corrected chi connectivity index (χ1v) is 14.1. The van der Waals surface area contributed by atoms with Crippen LogP contribution in [-0.2, 0) is 26.0 Å². The molecular weight excluding hydrogens is 472 g/mol. The average molecular weight is 509 g/mol. The summed E-state index contributed by atoms with van der Waals surface area (Å²) in [6.45, 7) is 13.6. The molecule has 0 spiro atoms. The van der Waals surface area contributed by atoms with Gasteiger partial charge in [0.1, 0.15) is 22.3 Å². The van der Waals surface area contributed by atoms with E-state index >= 15 is 0 Å². The lowest BCUT2D eigenvalue weighted by molar-refractivity contribution is -0.143. The van der Waals surface area contributed by atoms with E-state index in [4.69, 9.17) is 5.26 Å². The predicted octanol–water partition coefficient (Wildman–Crippen LogP) is 2.90. The second-order valence-electron chi connectivity index (χ2n) is 11.1. The molecule has 10 heteroatoms. The van der Waals surface area contributed by atoms with Crippen LogP contribution in [0.5, 0.6) is 0 Å². The van der Waals surface area contributed by atoms with Gasteiger partial charge in [0.15, 0.2) is 0 Å². The minimum Gasteiger partial charge on any atom is -0.339 e. The van der Waals surface area contributed by atoms with Crippen LogP contribution in [-0.4, -0.2) is 49.8 Å². The molecule has 2 heterocycles. The maximum Gasteiger partial charge on any atom is 0.250 e. The number of nitriles is 1. The summed E-state index contributed by atoms with van der Waals surface area (Å²) < 4.78 is 29.3. The zero-order valence-corrected chi connectivity index (χ0v) is 22.6. The number of rotatable bonds is 8. The molecule has 1 aliphatic heterocycles. The molecule has 5 atom stereocenters. The molecule has 0 bridgehead atoms. The number of nitrogens with zero attached hydrogens (tertiary/aromatic N) is 2. The van der Waals surface area contributed by atoms with Gasteiger partial charge >= 0.3 is 0 Å². The van der Waals surface area contributed by atoms with Crippen LogP contribution in [0.1, 0.15) is 59.8 Å². The van der Waals surface area contributed by atoms with Crippen molar-refractivity contribution in [1.82, 2.24) is 14.9 Å². The van der Waals surface area contributed by atoms with Gasteiger partial charge in [-0.3, -0.25) is 9.59 Å². The third kappa shape index (κ3) is 5.02. The minimum atomic E-state index is -3.92. The zero-order chi connectivity index (χ0) is 25.6. The van der Waals surface area contributed by atoms with Gasteiger partial charge in [-0.1, -0.05) is 48.0 Å². The van der Waals surface area contributed by atoms with Crippen LogP contribution in [0, 0.1) is 34.0 Å². The van der Waals surface area contributed by atoms with Crippen molar-refractivity contribution in [3.63, 3.8) is 0 Å². The van der Waals surface area contributed by atoms with E-state index in [1.807, 2.05) is 39.8 Å². The highest BCUT2D eigenvalue weighted by Crippen LogP contribution is 2.65. The highest BCUT2D eigenvalue weighted by atomic mass is 32.2. The quantitative estimate of drug-likeness (QED) is 0.560. The number of piperidine rings is 1. The highest BCUT2D eigenvalue weighted by molar-refractivity contribution is 7.91. The molecule has 2 fully saturated rings. The second-order valence-corrected chi connectivity index (χ2v) is 14.2. The van der Waals surface area contributed by atoms with Crippen LogP contribution >= 0.6 is 11.3 Å². The molecular formula is C24H36N4O4S2. The van der Waals surface area contributed by atoms with Gasteiger partial charge in [-0.2, -0.15) is 9.98 Å². The summed E-state index contributed by atoms with van der Waals surface area (Å²) in [6, 6.07) is 2.93. The number of hydrogen-bond donors (Lipinski definition) is 2. The number of nitrogens with one attached hydrogen (secondary N) is 2. The van der Waals surface area contributed by atoms with Crippen molar-refractivity contribution in [3.05, 3.63) is 17.0 Å². The molecule has 1 aromatic heterocycles. The smallest absolute Gasteiger partial charge is 0.250 e. The molecule has 1 aliphatic carbocycles. The Kier molecular flexibility index (Phi) is 7.25. The fourth-order valence-corrected chi connectivity index (χ4v) is 7.87. The van der Waals surface area contributed by atoms with Crippen LogP contribution in [0.2, 0.25) is 0 Å². The van der Waals surface area contributed by atoms with Crippen LogP contribution < -0.4 is 10.0 Å². The molecule has 1 saturated carbocycles. The van der Waals surface area contributed by atoms with Gasteiger partial charge in [0.25, 0.3) is 10.0 Å². The Balaban J connectivity index is 1.88. The zero-order valence-electron chi connectivity index (χ0n) is 21.0. The molecule has 0 radical (unpaired) electrons. The lowest BCUT2D eigenvalue weighted by Crippen LogP contribution is -2.59. The van der Waals surface area contributed by atoms with E-state index in [0.29, 0.717) is 6.54 Å². The van der Waals surface area contributed by atoms with Crippen molar-refractivity contribution in [2.45, 2.75) is 83.6 Å². The Bertz CT molecular complexity index is 1100. The maximum atomic E-state index is 13.8. The maximum absolute atomic E-state index is 13.8. The van der Waals surface area contributed by atoms with Crippen molar-refractivity contribution in [1.29, 1.82) is 5.26 Å². The van der Waals surface area contributed by atoms with Crippen molar-refractivity contribution in [2.24, 2.45) is 22.7 Å². The highest BCUT2D eigenvalue weighted by Gasteiger charge is 2.69. The SMILES string of the molecule is CCCc1ccc(S(=O)(=O)N[C@H](C(=O)N2C[C@H]3[C@@H]([C@H]2C(=O)N[C@@H](C)C#N)C3(C)C)C(C)(C)C)s1. The van der Waals surface area contributed by atoms with Gasteiger partial charge in [-0.05, 0) is 48.1 Å². The number of amides is 2. The van der Waals surface area contributed by atoms with Crippen LogP contribution in [0.25, 0.3) is 0 Å². The Hall–Kier alpha value is -1.96. The number of sulfonamides is 1. The molecule has 0 aromatic carbocycles. The number of carbonyl (C=O) groups excluding carboxylic acids is 2. The predicted molar refractivity (Wildman–Crippen MR) is 131 cm³/mol.